The standard InChI is InChI=1S/C13H14N4OS/c18-12(10-3-5-15-7-10)17-13-16-8-11(19-13)9-2-1-4-14-6-9/h1-2,4,6,8,10,15H,3,5,7H2,(H,16,17,18). The minimum atomic E-state index is 0.0529. The van der Waals surface area contributed by atoms with Crippen molar-refractivity contribution in [2.24, 2.45) is 5.92 Å². The Morgan fingerprint density at radius 3 is 3.16 bits per heavy atom. The molecule has 6 heteroatoms. The normalized spacial score (nSPS) is 18.4. The van der Waals surface area contributed by atoms with E-state index in [1.807, 2.05) is 12.1 Å². The molecule has 0 radical (unpaired) electrons. The summed E-state index contributed by atoms with van der Waals surface area (Å²) < 4.78 is 0. The van der Waals surface area contributed by atoms with Crippen LogP contribution in [0.4, 0.5) is 5.13 Å². The molecule has 0 bridgehead atoms. The molecule has 2 aromatic rings. The highest BCUT2D eigenvalue weighted by Crippen LogP contribution is 2.28. The Balaban J connectivity index is 1.70. The first-order valence-corrected chi connectivity index (χ1v) is 7.02. The Kier molecular flexibility index (Phi) is 3.52. The van der Waals surface area contributed by atoms with Crippen LogP contribution in [0.3, 0.4) is 0 Å². The number of thiazole rings is 1. The molecule has 1 atom stereocenters. The van der Waals surface area contributed by atoms with Crippen molar-refractivity contribution in [3.05, 3.63) is 30.7 Å². The van der Waals surface area contributed by atoms with E-state index in [0.717, 1.165) is 30.0 Å². The van der Waals surface area contributed by atoms with Gasteiger partial charge in [-0.15, -0.1) is 0 Å². The van der Waals surface area contributed by atoms with E-state index in [1.54, 1.807) is 18.6 Å². The molecular formula is C13H14N4OS. The van der Waals surface area contributed by atoms with Crippen LogP contribution in [0.5, 0.6) is 0 Å². The number of carbonyl (C=O) groups is 1. The molecule has 3 heterocycles. The van der Waals surface area contributed by atoms with Gasteiger partial charge in [0.15, 0.2) is 5.13 Å². The second-order valence-corrected chi connectivity index (χ2v) is 5.48. The first kappa shape index (κ1) is 12.3. The summed E-state index contributed by atoms with van der Waals surface area (Å²) in [7, 11) is 0. The van der Waals surface area contributed by atoms with Crippen molar-refractivity contribution < 1.29 is 4.79 Å². The molecule has 0 spiro atoms. The molecule has 1 saturated heterocycles. The summed E-state index contributed by atoms with van der Waals surface area (Å²) >= 11 is 1.47. The third-order valence-electron chi connectivity index (χ3n) is 3.11. The van der Waals surface area contributed by atoms with Crippen molar-refractivity contribution in [2.75, 3.05) is 18.4 Å². The molecule has 1 aliphatic heterocycles. The lowest BCUT2D eigenvalue weighted by molar-refractivity contribution is -0.119. The maximum Gasteiger partial charge on any atom is 0.230 e. The number of hydrogen-bond acceptors (Lipinski definition) is 5. The fourth-order valence-electron chi connectivity index (χ4n) is 2.06. The van der Waals surface area contributed by atoms with Crippen LogP contribution in [0.15, 0.2) is 30.7 Å². The molecule has 98 valence electrons. The summed E-state index contributed by atoms with van der Waals surface area (Å²) in [5.41, 5.74) is 1.02. The molecule has 1 fully saturated rings. The SMILES string of the molecule is O=C(Nc1ncc(-c2cccnc2)s1)C1CCNC1. The molecule has 5 nitrogen and oxygen atoms in total. The van der Waals surface area contributed by atoms with E-state index in [0.29, 0.717) is 5.13 Å². The van der Waals surface area contributed by atoms with Crippen LogP contribution in [0.1, 0.15) is 6.42 Å². The van der Waals surface area contributed by atoms with E-state index in [4.69, 9.17) is 0 Å². The Hall–Kier alpha value is -1.79. The van der Waals surface area contributed by atoms with E-state index in [1.165, 1.54) is 11.3 Å². The van der Waals surface area contributed by atoms with E-state index in [9.17, 15) is 4.79 Å². The fraction of sp³-hybridized carbons (Fsp3) is 0.308. The lowest BCUT2D eigenvalue weighted by atomic mass is 10.1. The number of nitrogens with zero attached hydrogens (tertiary/aromatic N) is 2. The summed E-state index contributed by atoms with van der Waals surface area (Å²) in [6.45, 7) is 1.67. The zero-order valence-corrected chi connectivity index (χ0v) is 11.1. The largest absolute Gasteiger partial charge is 0.316 e. The monoisotopic (exact) mass is 274 g/mol. The first-order chi connectivity index (χ1) is 9.33. The number of rotatable bonds is 3. The van der Waals surface area contributed by atoms with Crippen LogP contribution in [0.25, 0.3) is 10.4 Å². The highest BCUT2D eigenvalue weighted by Gasteiger charge is 2.23. The molecule has 1 amide bonds. The van der Waals surface area contributed by atoms with Crippen LogP contribution in [-0.4, -0.2) is 29.0 Å². The average Bonchev–Trinajstić information content (AvgIpc) is 3.11. The Morgan fingerprint density at radius 1 is 1.47 bits per heavy atom. The van der Waals surface area contributed by atoms with Gasteiger partial charge < -0.3 is 10.6 Å². The third-order valence-corrected chi connectivity index (χ3v) is 4.07. The molecule has 19 heavy (non-hydrogen) atoms. The van der Waals surface area contributed by atoms with Crippen molar-refractivity contribution in [3.8, 4) is 10.4 Å². The van der Waals surface area contributed by atoms with E-state index >= 15 is 0 Å². The van der Waals surface area contributed by atoms with Crippen LogP contribution in [0, 0.1) is 5.92 Å². The molecule has 1 unspecified atom stereocenters. The Morgan fingerprint density at radius 2 is 2.42 bits per heavy atom. The quantitative estimate of drug-likeness (QED) is 0.895. The number of pyridine rings is 1. The lowest BCUT2D eigenvalue weighted by Crippen LogP contribution is -2.24. The average molecular weight is 274 g/mol. The van der Waals surface area contributed by atoms with Gasteiger partial charge >= 0.3 is 0 Å². The van der Waals surface area contributed by atoms with E-state index in [-0.39, 0.29) is 11.8 Å². The topological polar surface area (TPSA) is 66.9 Å². The highest BCUT2D eigenvalue weighted by molar-refractivity contribution is 7.19. The number of hydrogen-bond donors (Lipinski definition) is 2. The molecule has 0 saturated carbocycles. The van der Waals surface area contributed by atoms with Crippen molar-refractivity contribution in [3.63, 3.8) is 0 Å². The van der Waals surface area contributed by atoms with Gasteiger partial charge in [-0.05, 0) is 19.0 Å². The van der Waals surface area contributed by atoms with Gasteiger partial charge in [0.25, 0.3) is 0 Å². The summed E-state index contributed by atoms with van der Waals surface area (Å²) in [5.74, 6) is 0.114. The number of aromatic nitrogens is 2. The maximum atomic E-state index is 12.0. The van der Waals surface area contributed by atoms with Gasteiger partial charge in [0, 0.05) is 30.7 Å². The zero-order chi connectivity index (χ0) is 13.1. The van der Waals surface area contributed by atoms with Gasteiger partial charge in [-0.3, -0.25) is 9.78 Å². The predicted octanol–water partition coefficient (Wildman–Crippen LogP) is 1.75. The minimum absolute atomic E-state index is 0.0529. The van der Waals surface area contributed by atoms with Crippen molar-refractivity contribution >= 4 is 22.4 Å². The van der Waals surface area contributed by atoms with Crippen LogP contribution in [-0.2, 0) is 4.79 Å². The van der Waals surface area contributed by atoms with Gasteiger partial charge in [-0.2, -0.15) is 0 Å². The summed E-state index contributed by atoms with van der Waals surface area (Å²) in [6.07, 6.45) is 6.19. The third kappa shape index (κ3) is 2.80. The maximum absolute atomic E-state index is 12.0. The molecule has 3 rings (SSSR count). The number of nitrogens with one attached hydrogen (secondary N) is 2. The summed E-state index contributed by atoms with van der Waals surface area (Å²) in [4.78, 5) is 21.3. The first-order valence-electron chi connectivity index (χ1n) is 6.21. The molecule has 2 aromatic heterocycles. The van der Waals surface area contributed by atoms with Crippen LogP contribution in [0.2, 0.25) is 0 Å². The van der Waals surface area contributed by atoms with E-state index < -0.39 is 0 Å². The minimum Gasteiger partial charge on any atom is -0.316 e. The second kappa shape index (κ2) is 5.46. The van der Waals surface area contributed by atoms with E-state index in [2.05, 4.69) is 20.6 Å². The van der Waals surface area contributed by atoms with Gasteiger partial charge in [-0.1, -0.05) is 17.4 Å². The second-order valence-electron chi connectivity index (χ2n) is 4.45. The lowest BCUT2D eigenvalue weighted by Gasteiger charge is -2.06. The fourth-order valence-corrected chi connectivity index (χ4v) is 2.87. The van der Waals surface area contributed by atoms with Crippen molar-refractivity contribution in [1.29, 1.82) is 0 Å². The van der Waals surface area contributed by atoms with Gasteiger partial charge in [-0.25, -0.2) is 4.98 Å². The van der Waals surface area contributed by atoms with Crippen LogP contribution >= 0.6 is 11.3 Å². The van der Waals surface area contributed by atoms with Crippen LogP contribution < -0.4 is 10.6 Å². The Labute approximate surface area is 115 Å². The summed E-state index contributed by atoms with van der Waals surface area (Å²) in [6, 6.07) is 3.87. The van der Waals surface area contributed by atoms with Crippen molar-refractivity contribution in [1.82, 2.24) is 15.3 Å². The summed E-state index contributed by atoms with van der Waals surface area (Å²) in [5, 5.41) is 6.71. The smallest absolute Gasteiger partial charge is 0.230 e. The molecular weight excluding hydrogens is 260 g/mol. The molecule has 0 aliphatic carbocycles. The van der Waals surface area contributed by atoms with Gasteiger partial charge in [0.1, 0.15) is 0 Å². The molecule has 0 aromatic carbocycles. The predicted molar refractivity (Wildman–Crippen MR) is 75.0 cm³/mol. The zero-order valence-electron chi connectivity index (χ0n) is 10.3. The molecule has 2 N–H and O–H groups in total. The number of anilines is 1. The number of carbonyl (C=O) groups excluding carboxylic acids is 1. The van der Waals surface area contributed by atoms with Crippen molar-refractivity contribution in [2.45, 2.75) is 6.42 Å². The highest BCUT2D eigenvalue weighted by atomic mass is 32.1. The molecule has 1 aliphatic rings. The van der Waals surface area contributed by atoms with Gasteiger partial charge in [0.05, 0.1) is 10.8 Å². The number of amides is 1. The Bertz CT molecular complexity index is 563. The van der Waals surface area contributed by atoms with Gasteiger partial charge in [0.2, 0.25) is 5.91 Å².